The lowest BCUT2D eigenvalue weighted by Gasteiger charge is -2.07. The summed E-state index contributed by atoms with van der Waals surface area (Å²) in [4.78, 5) is 0.0490. The van der Waals surface area contributed by atoms with Gasteiger partial charge in [0.2, 0.25) is 0 Å². The minimum atomic E-state index is -3.82. The zero-order valence-corrected chi connectivity index (χ0v) is 18.1. The van der Waals surface area contributed by atoms with Gasteiger partial charge in [-0.1, -0.05) is 16.8 Å². The van der Waals surface area contributed by atoms with E-state index in [-0.39, 0.29) is 16.5 Å². The average molecular weight is 473 g/mol. The lowest BCUT2D eigenvalue weighted by Crippen LogP contribution is -2.13. The summed E-state index contributed by atoms with van der Waals surface area (Å²) < 4.78 is 32.2. The lowest BCUT2D eigenvalue weighted by atomic mass is 10.3. The molecule has 0 spiro atoms. The number of benzene rings is 2. The molecule has 2 aromatic heterocycles. The van der Waals surface area contributed by atoms with Crippen LogP contribution in [0.2, 0.25) is 5.02 Å². The normalized spacial score (nSPS) is 11.7. The Morgan fingerprint density at radius 3 is 2.47 bits per heavy atom. The quantitative estimate of drug-likeness (QED) is 0.277. The van der Waals surface area contributed by atoms with E-state index in [0.29, 0.717) is 33.7 Å². The lowest BCUT2D eigenvalue weighted by molar-refractivity contribution is 0.400. The second-order valence-corrected chi connectivity index (χ2v) is 8.71. The first kappa shape index (κ1) is 21.3. The number of nitrogens with zero attached hydrogens (tertiary/aromatic N) is 4. The summed E-state index contributed by atoms with van der Waals surface area (Å²) in [6.45, 7) is 1.66. The molecule has 4 aromatic rings. The largest absolute Gasteiger partial charge is 0.382 e. The topological polar surface area (TPSA) is 164 Å². The number of aromatic amines is 1. The van der Waals surface area contributed by atoms with Crippen molar-refractivity contribution in [3.05, 3.63) is 65.4 Å². The van der Waals surface area contributed by atoms with Crippen molar-refractivity contribution in [1.29, 1.82) is 0 Å². The fourth-order valence-corrected chi connectivity index (χ4v) is 3.73. The molecule has 0 fully saturated rings. The first-order valence-electron chi connectivity index (χ1n) is 9.14. The number of anilines is 4. The van der Waals surface area contributed by atoms with E-state index in [1.165, 1.54) is 18.2 Å². The zero-order valence-electron chi connectivity index (χ0n) is 16.6. The van der Waals surface area contributed by atoms with Gasteiger partial charge in [-0.25, -0.2) is 8.42 Å². The molecule has 2 heterocycles. The molecule has 13 heteroatoms. The molecule has 164 valence electrons. The third kappa shape index (κ3) is 4.87. The van der Waals surface area contributed by atoms with Crippen molar-refractivity contribution in [1.82, 2.24) is 15.4 Å². The number of H-pyrrole nitrogens is 1. The highest BCUT2D eigenvalue weighted by Crippen LogP contribution is 2.33. The number of hydrogen-bond acceptors (Lipinski definition) is 9. The van der Waals surface area contributed by atoms with Crippen LogP contribution in [0.25, 0.3) is 0 Å². The second kappa shape index (κ2) is 8.69. The molecule has 0 aliphatic carbocycles. The summed E-state index contributed by atoms with van der Waals surface area (Å²) in [6, 6.07) is 14.3. The molecule has 4 rings (SSSR count). The molecule has 0 saturated heterocycles. The summed E-state index contributed by atoms with van der Waals surface area (Å²) in [7, 11) is -3.82. The fraction of sp³-hybridized carbons (Fsp3) is 0.0526. The SMILES string of the molecule is Cc1cc(NS(=O)(=O)c2ccc(Nc3n[nH]c(N)c3N=Nc3ccc(Cl)cc3)cc2)no1. The van der Waals surface area contributed by atoms with Gasteiger partial charge in [0, 0.05) is 16.8 Å². The van der Waals surface area contributed by atoms with Gasteiger partial charge in [0.15, 0.2) is 17.3 Å². The summed E-state index contributed by atoms with van der Waals surface area (Å²) in [6.07, 6.45) is 0. The van der Waals surface area contributed by atoms with Crippen LogP contribution < -0.4 is 15.8 Å². The predicted octanol–water partition coefficient (Wildman–Crippen LogP) is 4.90. The molecular formula is C19H17ClN8O3S. The van der Waals surface area contributed by atoms with Gasteiger partial charge in [0.05, 0.1) is 10.6 Å². The first-order valence-corrected chi connectivity index (χ1v) is 11.0. The Balaban J connectivity index is 1.50. The van der Waals surface area contributed by atoms with Gasteiger partial charge < -0.3 is 15.6 Å². The number of halogens is 1. The molecule has 0 amide bonds. The van der Waals surface area contributed by atoms with Crippen molar-refractivity contribution in [3.8, 4) is 0 Å². The molecule has 0 aliphatic rings. The van der Waals surface area contributed by atoms with Gasteiger partial charge in [-0.2, -0.15) is 10.2 Å². The van der Waals surface area contributed by atoms with Crippen LogP contribution in [0.3, 0.4) is 0 Å². The Kier molecular flexibility index (Phi) is 5.79. The van der Waals surface area contributed by atoms with Crippen LogP contribution >= 0.6 is 11.6 Å². The third-order valence-corrected chi connectivity index (χ3v) is 5.78. The van der Waals surface area contributed by atoms with Crippen molar-refractivity contribution in [3.63, 3.8) is 0 Å². The summed E-state index contributed by atoms with van der Waals surface area (Å²) in [5.41, 5.74) is 7.36. The predicted molar refractivity (Wildman–Crippen MR) is 120 cm³/mol. The van der Waals surface area contributed by atoms with E-state index in [1.54, 1.807) is 43.3 Å². The number of nitrogens with one attached hydrogen (secondary N) is 3. The van der Waals surface area contributed by atoms with Crippen LogP contribution in [0.4, 0.5) is 34.5 Å². The van der Waals surface area contributed by atoms with E-state index >= 15 is 0 Å². The van der Waals surface area contributed by atoms with Gasteiger partial charge in [0.1, 0.15) is 11.6 Å². The van der Waals surface area contributed by atoms with Crippen molar-refractivity contribution in [2.75, 3.05) is 15.8 Å². The van der Waals surface area contributed by atoms with E-state index in [1.807, 2.05) is 0 Å². The maximum absolute atomic E-state index is 12.5. The number of nitrogens with two attached hydrogens (primary N) is 1. The monoisotopic (exact) mass is 472 g/mol. The van der Waals surface area contributed by atoms with E-state index in [9.17, 15) is 8.42 Å². The van der Waals surface area contributed by atoms with Gasteiger partial charge in [-0.3, -0.25) is 9.82 Å². The maximum Gasteiger partial charge on any atom is 0.263 e. The third-order valence-electron chi connectivity index (χ3n) is 4.15. The number of aryl methyl sites for hydroxylation is 1. The molecule has 0 atom stereocenters. The smallest absolute Gasteiger partial charge is 0.263 e. The van der Waals surface area contributed by atoms with E-state index in [4.69, 9.17) is 21.9 Å². The van der Waals surface area contributed by atoms with Crippen molar-refractivity contribution >= 4 is 56.1 Å². The van der Waals surface area contributed by atoms with E-state index < -0.39 is 10.0 Å². The first-order chi connectivity index (χ1) is 15.3. The number of sulfonamides is 1. The minimum Gasteiger partial charge on any atom is -0.382 e. The summed E-state index contributed by atoms with van der Waals surface area (Å²) >= 11 is 5.87. The molecule has 0 aliphatic heterocycles. The Labute approximate surface area is 187 Å². The number of nitrogen functional groups attached to an aromatic ring is 1. The van der Waals surface area contributed by atoms with Crippen molar-refractivity contribution in [2.45, 2.75) is 11.8 Å². The Morgan fingerprint density at radius 2 is 1.81 bits per heavy atom. The molecule has 5 N–H and O–H groups in total. The highest BCUT2D eigenvalue weighted by molar-refractivity contribution is 7.92. The Bertz CT molecular complexity index is 1360. The number of aromatic nitrogens is 3. The molecule has 2 aromatic carbocycles. The van der Waals surface area contributed by atoms with Gasteiger partial charge in [0.25, 0.3) is 10.0 Å². The van der Waals surface area contributed by atoms with Gasteiger partial charge >= 0.3 is 0 Å². The van der Waals surface area contributed by atoms with Crippen LogP contribution in [0.15, 0.2) is 74.2 Å². The standard InChI is InChI=1S/C19H17ClN8O3S/c1-11-10-16(27-31-11)28-32(29,30)15-8-6-13(7-9-15)22-19-17(18(21)25-26-19)24-23-14-4-2-12(20)3-5-14/h2-10H,1H3,(H,27,28)(H4,21,22,25,26). The van der Waals surface area contributed by atoms with Crippen LogP contribution in [0.1, 0.15) is 5.76 Å². The Hall–Kier alpha value is -3.90. The zero-order chi connectivity index (χ0) is 22.7. The highest BCUT2D eigenvalue weighted by Gasteiger charge is 2.17. The maximum atomic E-state index is 12.5. The van der Waals surface area contributed by atoms with Crippen LogP contribution in [-0.2, 0) is 10.0 Å². The van der Waals surface area contributed by atoms with Crippen LogP contribution in [0, 0.1) is 6.92 Å². The molecular weight excluding hydrogens is 456 g/mol. The molecule has 32 heavy (non-hydrogen) atoms. The molecule has 0 unspecified atom stereocenters. The van der Waals surface area contributed by atoms with Gasteiger partial charge in [-0.05, 0) is 55.5 Å². The second-order valence-electron chi connectivity index (χ2n) is 6.59. The van der Waals surface area contributed by atoms with Crippen LogP contribution in [0.5, 0.6) is 0 Å². The van der Waals surface area contributed by atoms with Gasteiger partial charge in [-0.15, -0.1) is 5.11 Å². The molecule has 0 bridgehead atoms. The molecule has 0 radical (unpaired) electrons. The highest BCUT2D eigenvalue weighted by atomic mass is 35.5. The number of azo groups is 1. The Morgan fingerprint density at radius 1 is 1.09 bits per heavy atom. The number of hydrogen-bond donors (Lipinski definition) is 4. The minimum absolute atomic E-state index is 0.0490. The molecule has 0 saturated carbocycles. The molecule has 11 nitrogen and oxygen atoms in total. The number of rotatable bonds is 7. The van der Waals surface area contributed by atoms with E-state index in [0.717, 1.165) is 0 Å². The average Bonchev–Trinajstić information content (AvgIpc) is 3.32. The van der Waals surface area contributed by atoms with Crippen molar-refractivity contribution in [2.24, 2.45) is 10.2 Å². The summed E-state index contributed by atoms with van der Waals surface area (Å²) in [5, 5.41) is 22.2. The summed E-state index contributed by atoms with van der Waals surface area (Å²) in [5.74, 6) is 1.14. The van der Waals surface area contributed by atoms with E-state index in [2.05, 4.69) is 35.6 Å². The fourth-order valence-electron chi connectivity index (χ4n) is 2.62. The van der Waals surface area contributed by atoms with Crippen LogP contribution in [-0.4, -0.2) is 23.8 Å². The van der Waals surface area contributed by atoms with Crippen molar-refractivity contribution < 1.29 is 12.9 Å².